The number of nitrogens with one attached hydrogen (secondary N) is 1. The van der Waals surface area contributed by atoms with Crippen molar-refractivity contribution in [2.75, 3.05) is 19.7 Å². The number of ether oxygens (including phenoxy) is 1. The van der Waals surface area contributed by atoms with Gasteiger partial charge >= 0.3 is 0 Å². The van der Waals surface area contributed by atoms with E-state index in [2.05, 4.69) is 18.3 Å². The molecule has 0 heterocycles. The van der Waals surface area contributed by atoms with Crippen molar-refractivity contribution in [3.63, 3.8) is 0 Å². The second kappa shape index (κ2) is 6.86. The topological polar surface area (TPSA) is 45.0 Å². The highest BCUT2D eigenvalue weighted by Crippen LogP contribution is 2.18. The van der Waals surface area contributed by atoms with Gasteiger partial charge in [-0.2, -0.15) is 5.26 Å². The molecule has 0 saturated carbocycles. The Kier molecular flexibility index (Phi) is 5.38. The summed E-state index contributed by atoms with van der Waals surface area (Å²) in [5, 5.41) is 12.2. The molecule has 3 heteroatoms. The number of benzene rings is 1. The summed E-state index contributed by atoms with van der Waals surface area (Å²) in [5.41, 5.74) is 1.68. The van der Waals surface area contributed by atoms with Crippen LogP contribution in [0.15, 0.2) is 18.2 Å². The van der Waals surface area contributed by atoms with Crippen LogP contribution in [0.3, 0.4) is 0 Å². The summed E-state index contributed by atoms with van der Waals surface area (Å²) in [6.45, 7) is 6.50. The Morgan fingerprint density at radius 1 is 1.38 bits per heavy atom. The van der Waals surface area contributed by atoms with Crippen LogP contribution in [0.25, 0.3) is 0 Å². The molecule has 0 aromatic heterocycles. The van der Waals surface area contributed by atoms with E-state index in [-0.39, 0.29) is 0 Å². The molecule has 1 N–H and O–H groups in total. The third-order valence-electron chi connectivity index (χ3n) is 2.22. The highest BCUT2D eigenvalue weighted by atomic mass is 16.5. The van der Waals surface area contributed by atoms with Crippen molar-refractivity contribution in [2.45, 2.75) is 20.3 Å². The fourth-order valence-corrected chi connectivity index (χ4v) is 1.39. The SMILES string of the molecule is CCCNCCOc1ccc(C)cc1C#N. The van der Waals surface area contributed by atoms with Gasteiger partial charge in [-0.25, -0.2) is 0 Å². The molecule has 0 radical (unpaired) electrons. The number of nitriles is 1. The lowest BCUT2D eigenvalue weighted by Crippen LogP contribution is -2.21. The molecule has 0 fully saturated rings. The van der Waals surface area contributed by atoms with Gasteiger partial charge in [-0.1, -0.05) is 13.0 Å². The molecule has 1 aromatic carbocycles. The molecule has 16 heavy (non-hydrogen) atoms. The van der Waals surface area contributed by atoms with Crippen LogP contribution in [0.4, 0.5) is 0 Å². The monoisotopic (exact) mass is 218 g/mol. The Labute approximate surface area is 97.0 Å². The van der Waals surface area contributed by atoms with Gasteiger partial charge in [-0.15, -0.1) is 0 Å². The third kappa shape index (κ3) is 3.92. The van der Waals surface area contributed by atoms with Gasteiger partial charge in [0.1, 0.15) is 18.4 Å². The van der Waals surface area contributed by atoms with Gasteiger partial charge in [0.05, 0.1) is 5.56 Å². The fraction of sp³-hybridized carbons (Fsp3) is 0.462. The zero-order valence-corrected chi connectivity index (χ0v) is 9.92. The van der Waals surface area contributed by atoms with Crippen molar-refractivity contribution in [3.8, 4) is 11.8 Å². The van der Waals surface area contributed by atoms with Gasteiger partial charge in [0.25, 0.3) is 0 Å². The lowest BCUT2D eigenvalue weighted by molar-refractivity contribution is 0.313. The van der Waals surface area contributed by atoms with E-state index in [9.17, 15) is 0 Å². The summed E-state index contributed by atoms with van der Waals surface area (Å²) in [5.74, 6) is 0.673. The Bertz CT molecular complexity index is 369. The minimum atomic E-state index is 0.595. The molecule has 1 rings (SSSR count). The standard InChI is InChI=1S/C13H18N2O/c1-3-6-15-7-8-16-13-5-4-11(2)9-12(13)10-14/h4-5,9,15H,3,6-8H2,1-2H3. The van der Waals surface area contributed by atoms with Crippen LogP contribution in [-0.4, -0.2) is 19.7 Å². The first-order chi connectivity index (χ1) is 7.77. The van der Waals surface area contributed by atoms with E-state index in [1.54, 1.807) is 0 Å². The Morgan fingerprint density at radius 3 is 2.88 bits per heavy atom. The number of aryl methyl sites for hydroxylation is 1. The average Bonchev–Trinajstić information content (AvgIpc) is 2.30. The molecule has 0 bridgehead atoms. The van der Waals surface area contributed by atoms with Crippen molar-refractivity contribution in [3.05, 3.63) is 29.3 Å². The summed E-state index contributed by atoms with van der Waals surface area (Å²) in [6, 6.07) is 7.79. The van der Waals surface area contributed by atoms with Crippen molar-refractivity contribution in [1.82, 2.24) is 5.32 Å². The number of nitrogens with zero attached hydrogens (tertiary/aromatic N) is 1. The van der Waals surface area contributed by atoms with Crippen LogP contribution in [0.2, 0.25) is 0 Å². The largest absolute Gasteiger partial charge is 0.491 e. The average molecular weight is 218 g/mol. The summed E-state index contributed by atoms with van der Waals surface area (Å²) in [4.78, 5) is 0. The molecule has 0 spiro atoms. The molecule has 86 valence electrons. The molecule has 1 aromatic rings. The van der Waals surface area contributed by atoms with Crippen LogP contribution in [0, 0.1) is 18.3 Å². The van der Waals surface area contributed by atoms with Gasteiger partial charge < -0.3 is 10.1 Å². The molecule has 0 amide bonds. The summed E-state index contributed by atoms with van der Waals surface area (Å²) >= 11 is 0. The van der Waals surface area contributed by atoms with E-state index in [1.807, 2.05) is 25.1 Å². The van der Waals surface area contributed by atoms with E-state index in [4.69, 9.17) is 10.00 Å². The lowest BCUT2D eigenvalue weighted by atomic mass is 10.1. The molecule has 0 unspecified atom stereocenters. The molecule has 0 saturated heterocycles. The van der Waals surface area contributed by atoms with Gasteiger partial charge in [-0.3, -0.25) is 0 Å². The summed E-state index contributed by atoms with van der Waals surface area (Å²) in [6.07, 6.45) is 1.12. The number of hydrogen-bond acceptors (Lipinski definition) is 3. The zero-order chi connectivity index (χ0) is 11.8. The minimum Gasteiger partial charge on any atom is -0.491 e. The molecular formula is C13H18N2O. The predicted molar refractivity (Wildman–Crippen MR) is 64.5 cm³/mol. The Balaban J connectivity index is 2.45. The molecule has 3 nitrogen and oxygen atoms in total. The van der Waals surface area contributed by atoms with Crippen LogP contribution in [0.1, 0.15) is 24.5 Å². The molecule has 0 atom stereocenters. The zero-order valence-electron chi connectivity index (χ0n) is 9.92. The molecule has 0 aliphatic heterocycles. The van der Waals surface area contributed by atoms with Gasteiger partial charge in [0.15, 0.2) is 0 Å². The fourth-order valence-electron chi connectivity index (χ4n) is 1.39. The predicted octanol–water partition coefficient (Wildman–Crippen LogP) is 2.25. The van der Waals surface area contributed by atoms with E-state index < -0.39 is 0 Å². The maximum atomic E-state index is 8.94. The van der Waals surface area contributed by atoms with Crippen molar-refractivity contribution >= 4 is 0 Å². The third-order valence-corrected chi connectivity index (χ3v) is 2.22. The molecule has 0 aliphatic carbocycles. The van der Waals surface area contributed by atoms with Crippen LogP contribution >= 0.6 is 0 Å². The van der Waals surface area contributed by atoms with Crippen molar-refractivity contribution in [1.29, 1.82) is 5.26 Å². The van der Waals surface area contributed by atoms with Crippen molar-refractivity contribution < 1.29 is 4.74 Å². The van der Waals surface area contributed by atoms with Crippen LogP contribution in [0.5, 0.6) is 5.75 Å². The van der Waals surface area contributed by atoms with Crippen LogP contribution < -0.4 is 10.1 Å². The molecule has 0 aliphatic rings. The molecular weight excluding hydrogens is 200 g/mol. The van der Waals surface area contributed by atoms with E-state index in [1.165, 1.54) is 0 Å². The van der Waals surface area contributed by atoms with Gasteiger partial charge in [-0.05, 0) is 37.6 Å². The maximum absolute atomic E-state index is 8.94. The van der Waals surface area contributed by atoms with Crippen LogP contribution in [-0.2, 0) is 0 Å². The lowest BCUT2D eigenvalue weighted by Gasteiger charge is -2.08. The highest BCUT2D eigenvalue weighted by Gasteiger charge is 2.02. The number of rotatable bonds is 6. The Hall–Kier alpha value is -1.53. The van der Waals surface area contributed by atoms with Gasteiger partial charge in [0, 0.05) is 6.54 Å². The maximum Gasteiger partial charge on any atom is 0.137 e. The second-order valence-electron chi connectivity index (χ2n) is 3.71. The Morgan fingerprint density at radius 2 is 2.19 bits per heavy atom. The normalized spacial score (nSPS) is 9.81. The quantitative estimate of drug-likeness (QED) is 0.745. The summed E-state index contributed by atoms with van der Waals surface area (Å²) in [7, 11) is 0. The second-order valence-corrected chi connectivity index (χ2v) is 3.71. The first-order valence-electron chi connectivity index (χ1n) is 5.62. The first kappa shape index (κ1) is 12.5. The van der Waals surface area contributed by atoms with E-state index >= 15 is 0 Å². The highest BCUT2D eigenvalue weighted by molar-refractivity contribution is 5.45. The first-order valence-corrected chi connectivity index (χ1v) is 5.62. The van der Waals surface area contributed by atoms with Crippen molar-refractivity contribution in [2.24, 2.45) is 0 Å². The van der Waals surface area contributed by atoms with E-state index in [0.717, 1.165) is 25.1 Å². The smallest absolute Gasteiger partial charge is 0.137 e. The minimum absolute atomic E-state index is 0.595. The van der Waals surface area contributed by atoms with E-state index in [0.29, 0.717) is 17.9 Å². The van der Waals surface area contributed by atoms with Gasteiger partial charge in [0.2, 0.25) is 0 Å². The summed E-state index contributed by atoms with van der Waals surface area (Å²) < 4.78 is 5.54. The number of hydrogen-bond donors (Lipinski definition) is 1.